The van der Waals surface area contributed by atoms with Crippen molar-refractivity contribution in [2.75, 3.05) is 41.9 Å². The molecule has 1 saturated heterocycles. The van der Waals surface area contributed by atoms with Crippen LogP contribution < -0.4 is 10.6 Å². The molecule has 10 atom stereocenters. The van der Waals surface area contributed by atoms with Crippen molar-refractivity contribution in [2.45, 2.75) is 136 Å². The molecule has 1 aliphatic heterocycles. The zero-order valence-corrected chi connectivity index (χ0v) is 34.8. The van der Waals surface area contributed by atoms with Crippen LogP contribution in [0.1, 0.15) is 99.2 Å². The Hall–Kier alpha value is -3.06. The molecule has 0 aromatic heterocycles. The molecule has 2 rings (SSSR count). The second kappa shape index (κ2) is 21.7. The highest BCUT2D eigenvalue weighted by atomic mass is 16.5. The molecule has 4 amide bonds. The van der Waals surface area contributed by atoms with E-state index in [0.29, 0.717) is 24.9 Å². The van der Waals surface area contributed by atoms with Crippen LogP contribution in [0.4, 0.5) is 0 Å². The summed E-state index contributed by atoms with van der Waals surface area (Å²) in [7, 11) is 8.60. The average Bonchev–Trinajstić information content (AvgIpc) is 3.59. The van der Waals surface area contributed by atoms with Gasteiger partial charge in [-0.1, -0.05) is 85.2 Å². The van der Waals surface area contributed by atoms with Gasteiger partial charge in [0, 0.05) is 27.8 Å². The normalized spacial score (nSPS) is 19.9. The fourth-order valence-corrected chi connectivity index (χ4v) is 8.01. The molecule has 1 aliphatic rings. The molecule has 0 bridgehead atoms. The third-order valence-corrected chi connectivity index (χ3v) is 11.0. The third kappa shape index (κ3) is 12.5. The molecule has 1 aromatic carbocycles. The van der Waals surface area contributed by atoms with Crippen molar-refractivity contribution in [3.63, 3.8) is 0 Å². The maximum atomic E-state index is 14.3. The van der Waals surface area contributed by atoms with Gasteiger partial charge in [0.1, 0.15) is 6.04 Å². The molecule has 0 saturated carbocycles. The van der Waals surface area contributed by atoms with E-state index in [9.17, 15) is 24.3 Å². The van der Waals surface area contributed by atoms with Crippen LogP contribution in [0, 0.1) is 23.7 Å². The number of likely N-dealkylation sites (tertiary alicyclic amines) is 1. The smallest absolute Gasteiger partial charge is 0.245 e. The molecule has 12 heteroatoms. The highest BCUT2D eigenvalue weighted by molar-refractivity contribution is 5.90. The van der Waals surface area contributed by atoms with E-state index in [1.165, 1.54) is 0 Å². The first-order chi connectivity index (χ1) is 24.9. The number of nitrogens with one attached hydrogen (secondary N) is 2. The van der Waals surface area contributed by atoms with Crippen LogP contribution >= 0.6 is 0 Å². The van der Waals surface area contributed by atoms with Crippen LogP contribution in [0.5, 0.6) is 0 Å². The number of rotatable bonds is 21. The maximum Gasteiger partial charge on any atom is 0.245 e. The molecule has 12 nitrogen and oxygen atoms in total. The third-order valence-electron chi connectivity index (χ3n) is 11.0. The molecule has 1 aromatic rings. The van der Waals surface area contributed by atoms with Crippen LogP contribution in [0.15, 0.2) is 30.3 Å². The predicted molar refractivity (Wildman–Crippen MR) is 209 cm³/mol. The van der Waals surface area contributed by atoms with E-state index >= 15 is 0 Å². The molecule has 0 radical (unpaired) electrons. The molecule has 53 heavy (non-hydrogen) atoms. The summed E-state index contributed by atoms with van der Waals surface area (Å²) >= 11 is 0. The van der Waals surface area contributed by atoms with Gasteiger partial charge in [-0.2, -0.15) is 0 Å². The largest absolute Gasteiger partial charge is 0.386 e. The monoisotopic (exact) mass is 746 g/mol. The summed E-state index contributed by atoms with van der Waals surface area (Å²) in [5.41, 5.74) is 0.712. The predicted octanol–water partition coefficient (Wildman–Crippen LogP) is 4.26. The molecule has 0 spiro atoms. The van der Waals surface area contributed by atoms with Crippen LogP contribution in [0.25, 0.3) is 0 Å². The van der Waals surface area contributed by atoms with Crippen LogP contribution in [-0.4, -0.2) is 128 Å². The number of aliphatic hydroxyl groups excluding tert-OH is 1. The van der Waals surface area contributed by atoms with Crippen molar-refractivity contribution >= 4 is 23.6 Å². The zero-order valence-electron chi connectivity index (χ0n) is 34.8. The van der Waals surface area contributed by atoms with Crippen LogP contribution in [0.2, 0.25) is 0 Å². The van der Waals surface area contributed by atoms with Crippen molar-refractivity contribution in [2.24, 2.45) is 23.7 Å². The standard InChI is InChI=1S/C41H71N5O7/c1-14-27(6)36(45(11)41(51)31(23-25(2)3)43-40(50)35(26(4)5)44(9)10)33(52-12)24-34(47)46-22-18-21-32(46)38(53-13)28(7)39(49)42-29(8)37(48)30-19-16-15-17-20-30/h15-17,19-20,25-29,31-33,35-38,48H,14,18,21-24H2,1-13H3,(H,42,49)(H,43,50)/t27-,28+,29+,31?,32-,33+,35-,36-,37+,38?/m0/s1. The van der Waals surface area contributed by atoms with Crippen molar-refractivity contribution in [1.82, 2.24) is 25.3 Å². The van der Waals surface area contributed by atoms with Gasteiger partial charge in [0.05, 0.1) is 54.8 Å². The number of aliphatic hydroxyl groups is 1. The number of carbonyl (C=O) groups is 4. The van der Waals surface area contributed by atoms with E-state index < -0.39 is 42.4 Å². The number of ether oxygens (including phenoxy) is 2. The Balaban J connectivity index is 2.27. The summed E-state index contributed by atoms with van der Waals surface area (Å²) in [6, 6.07) is 6.76. The van der Waals surface area contributed by atoms with Gasteiger partial charge < -0.3 is 35.0 Å². The lowest BCUT2D eigenvalue weighted by molar-refractivity contribution is -0.147. The summed E-state index contributed by atoms with van der Waals surface area (Å²) in [5, 5.41) is 16.9. The second-order valence-electron chi connectivity index (χ2n) is 16.1. The molecular formula is C41H71N5O7. The van der Waals surface area contributed by atoms with Gasteiger partial charge in [-0.25, -0.2) is 0 Å². The lowest BCUT2D eigenvalue weighted by Gasteiger charge is -2.40. The van der Waals surface area contributed by atoms with Gasteiger partial charge in [-0.05, 0) is 63.6 Å². The minimum atomic E-state index is -0.876. The number of hydrogen-bond donors (Lipinski definition) is 3. The van der Waals surface area contributed by atoms with Crippen molar-refractivity contribution in [3.05, 3.63) is 35.9 Å². The fourth-order valence-electron chi connectivity index (χ4n) is 8.01. The number of carbonyl (C=O) groups excluding carboxylic acids is 4. The van der Waals surface area contributed by atoms with Gasteiger partial charge in [0.25, 0.3) is 0 Å². The Morgan fingerprint density at radius 2 is 1.55 bits per heavy atom. The van der Waals surface area contributed by atoms with Gasteiger partial charge in [0.2, 0.25) is 23.6 Å². The van der Waals surface area contributed by atoms with Crippen molar-refractivity contribution < 1.29 is 33.8 Å². The summed E-state index contributed by atoms with van der Waals surface area (Å²) in [5.74, 6) is -1.21. The van der Waals surface area contributed by atoms with E-state index in [2.05, 4.69) is 17.6 Å². The molecule has 2 unspecified atom stereocenters. The highest BCUT2D eigenvalue weighted by Crippen LogP contribution is 2.30. The van der Waals surface area contributed by atoms with Gasteiger partial charge in [-0.15, -0.1) is 0 Å². The second-order valence-corrected chi connectivity index (χ2v) is 16.1. The number of hydrogen-bond acceptors (Lipinski definition) is 8. The van der Waals surface area contributed by atoms with Crippen LogP contribution in [-0.2, 0) is 28.7 Å². The van der Waals surface area contributed by atoms with E-state index in [-0.39, 0.29) is 59.9 Å². The first kappa shape index (κ1) is 46.1. The molecule has 3 N–H and O–H groups in total. The highest BCUT2D eigenvalue weighted by Gasteiger charge is 2.43. The number of likely N-dealkylation sites (N-methyl/N-ethyl adjacent to an activating group) is 2. The molecule has 302 valence electrons. The van der Waals surface area contributed by atoms with Gasteiger partial charge >= 0.3 is 0 Å². The number of benzene rings is 1. The van der Waals surface area contributed by atoms with Gasteiger partial charge in [0.15, 0.2) is 0 Å². The van der Waals surface area contributed by atoms with E-state index in [4.69, 9.17) is 9.47 Å². The minimum absolute atomic E-state index is 0.0136. The molecule has 1 fully saturated rings. The Labute approximate surface area is 319 Å². The minimum Gasteiger partial charge on any atom is -0.386 e. The molecular weight excluding hydrogens is 674 g/mol. The zero-order chi connectivity index (χ0) is 40.2. The summed E-state index contributed by atoms with van der Waals surface area (Å²) in [6.45, 7) is 16.2. The number of amides is 4. The average molecular weight is 746 g/mol. The van der Waals surface area contributed by atoms with E-state index in [1.807, 2.05) is 83.9 Å². The van der Waals surface area contributed by atoms with E-state index in [1.54, 1.807) is 44.9 Å². The lowest BCUT2D eigenvalue weighted by atomic mass is 9.89. The lowest BCUT2D eigenvalue weighted by Crippen LogP contribution is -2.58. The fraction of sp³-hybridized carbons (Fsp3) is 0.756. The van der Waals surface area contributed by atoms with E-state index in [0.717, 1.165) is 12.8 Å². The van der Waals surface area contributed by atoms with Crippen molar-refractivity contribution in [1.29, 1.82) is 0 Å². The first-order valence-corrected chi connectivity index (χ1v) is 19.5. The summed E-state index contributed by atoms with van der Waals surface area (Å²) in [4.78, 5) is 60.8. The van der Waals surface area contributed by atoms with Crippen LogP contribution in [0.3, 0.4) is 0 Å². The SMILES string of the molecule is CC[C@H](C)[C@@H]([C@@H](CC(=O)N1CCC[C@H]1C(OC)[C@@H](C)C(=O)N[C@H](C)[C@@H](O)c1ccccc1)OC)N(C)C(=O)C(CC(C)C)NC(=O)[C@H](C(C)C)N(C)C. The Morgan fingerprint density at radius 1 is 0.925 bits per heavy atom. The topological polar surface area (TPSA) is 141 Å². The Morgan fingerprint density at radius 3 is 2.06 bits per heavy atom. The number of methoxy groups -OCH3 is 2. The number of nitrogens with zero attached hydrogens (tertiary/aromatic N) is 3. The Kier molecular flexibility index (Phi) is 18.9. The molecule has 0 aliphatic carbocycles. The van der Waals surface area contributed by atoms with Gasteiger partial charge in [-0.3, -0.25) is 24.1 Å². The Bertz CT molecular complexity index is 1290. The first-order valence-electron chi connectivity index (χ1n) is 19.5. The van der Waals surface area contributed by atoms with Crippen molar-refractivity contribution in [3.8, 4) is 0 Å². The maximum absolute atomic E-state index is 14.3. The molecule has 1 heterocycles. The quantitative estimate of drug-likeness (QED) is 0.170. The summed E-state index contributed by atoms with van der Waals surface area (Å²) in [6.07, 6.45) is 0.629. The summed E-state index contributed by atoms with van der Waals surface area (Å²) < 4.78 is 12.0.